The summed E-state index contributed by atoms with van der Waals surface area (Å²) in [4.78, 5) is 3.88. The fraction of sp³-hybridized carbons (Fsp3) is 0. The standard InChI is InChI=1S/C12H7ClF2N4/c13-8-3-7(14)4-9(15)11(8)19-12-10(17)6(5-16)1-2-18-12/h1-4H,17H2,(H,18,19). The summed E-state index contributed by atoms with van der Waals surface area (Å²) in [7, 11) is 0. The molecule has 0 saturated heterocycles. The van der Waals surface area contributed by atoms with Gasteiger partial charge < -0.3 is 11.1 Å². The molecular weight excluding hydrogens is 274 g/mol. The molecule has 0 bridgehead atoms. The summed E-state index contributed by atoms with van der Waals surface area (Å²) >= 11 is 5.73. The van der Waals surface area contributed by atoms with Crippen molar-refractivity contribution < 1.29 is 8.78 Å². The van der Waals surface area contributed by atoms with E-state index < -0.39 is 11.6 Å². The van der Waals surface area contributed by atoms with Gasteiger partial charge >= 0.3 is 0 Å². The first-order chi connectivity index (χ1) is 9.02. The van der Waals surface area contributed by atoms with Gasteiger partial charge in [0, 0.05) is 12.3 Å². The van der Waals surface area contributed by atoms with E-state index in [1.165, 1.54) is 12.3 Å². The second-order valence-electron chi connectivity index (χ2n) is 3.60. The molecule has 4 nitrogen and oxygen atoms in total. The molecule has 2 aromatic rings. The van der Waals surface area contributed by atoms with Gasteiger partial charge in [-0.25, -0.2) is 13.8 Å². The molecule has 0 fully saturated rings. The topological polar surface area (TPSA) is 74.7 Å². The van der Waals surface area contributed by atoms with E-state index in [1.54, 1.807) is 0 Å². The van der Waals surface area contributed by atoms with Crippen molar-refractivity contribution in [3.05, 3.63) is 46.6 Å². The van der Waals surface area contributed by atoms with E-state index in [0.717, 1.165) is 6.07 Å². The van der Waals surface area contributed by atoms with Crippen LogP contribution in [0.1, 0.15) is 5.56 Å². The Labute approximate surface area is 112 Å². The molecule has 2 rings (SSSR count). The molecule has 0 saturated carbocycles. The van der Waals surface area contributed by atoms with Gasteiger partial charge in [0.05, 0.1) is 22.0 Å². The fourth-order valence-corrected chi connectivity index (χ4v) is 1.69. The second kappa shape index (κ2) is 5.08. The zero-order valence-corrected chi connectivity index (χ0v) is 10.2. The predicted octanol–water partition coefficient (Wildman–Crippen LogP) is 3.21. The number of anilines is 3. The Hall–Kier alpha value is -2.39. The first-order valence-electron chi connectivity index (χ1n) is 5.09. The molecule has 0 aliphatic heterocycles. The smallest absolute Gasteiger partial charge is 0.155 e. The third-order valence-corrected chi connectivity index (χ3v) is 2.66. The third-order valence-electron chi connectivity index (χ3n) is 2.36. The minimum absolute atomic E-state index is 0.0600. The molecule has 0 aliphatic carbocycles. The summed E-state index contributed by atoms with van der Waals surface area (Å²) in [6, 6.07) is 4.92. The predicted molar refractivity (Wildman–Crippen MR) is 68.0 cm³/mol. The van der Waals surface area contributed by atoms with Crippen LogP contribution in [0.15, 0.2) is 24.4 Å². The molecule has 19 heavy (non-hydrogen) atoms. The molecule has 1 heterocycles. The molecule has 0 radical (unpaired) electrons. The Kier molecular flexibility index (Phi) is 3.49. The quantitative estimate of drug-likeness (QED) is 0.886. The Morgan fingerprint density at radius 2 is 2.11 bits per heavy atom. The lowest BCUT2D eigenvalue weighted by atomic mass is 10.2. The highest BCUT2D eigenvalue weighted by Gasteiger charge is 2.13. The summed E-state index contributed by atoms with van der Waals surface area (Å²) in [5.41, 5.74) is 5.78. The van der Waals surface area contributed by atoms with Crippen molar-refractivity contribution in [2.75, 3.05) is 11.1 Å². The number of nitrogens with zero attached hydrogens (tertiary/aromatic N) is 2. The summed E-state index contributed by atoms with van der Waals surface area (Å²) in [5, 5.41) is 11.2. The summed E-state index contributed by atoms with van der Waals surface area (Å²) in [6.07, 6.45) is 1.34. The van der Waals surface area contributed by atoms with Gasteiger partial charge in [0.25, 0.3) is 0 Å². The van der Waals surface area contributed by atoms with Crippen LogP contribution in [-0.4, -0.2) is 4.98 Å². The number of nitrogen functional groups attached to an aromatic ring is 1. The van der Waals surface area contributed by atoms with Crippen molar-refractivity contribution in [1.82, 2.24) is 4.98 Å². The largest absolute Gasteiger partial charge is 0.395 e. The maximum Gasteiger partial charge on any atom is 0.155 e. The number of pyridine rings is 1. The monoisotopic (exact) mass is 280 g/mol. The van der Waals surface area contributed by atoms with Crippen molar-refractivity contribution in [2.24, 2.45) is 0 Å². The molecule has 1 aromatic heterocycles. The number of aromatic nitrogens is 1. The lowest BCUT2D eigenvalue weighted by Crippen LogP contribution is -2.03. The van der Waals surface area contributed by atoms with Crippen molar-refractivity contribution >= 4 is 28.8 Å². The molecule has 96 valence electrons. The number of nitrogens with two attached hydrogens (primary N) is 1. The maximum absolute atomic E-state index is 13.6. The number of benzene rings is 1. The van der Waals surface area contributed by atoms with Crippen LogP contribution in [0.3, 0.4) is 0 Å². The van der Waals surface area contributed by atoms with Crippen LogP contribution in [0.5, 0.6) is 0 Å². The van der Waals surface area contributed by atoms with Gasteiger partial charge in [-0.15, -0.1) is 0 Å². The normalized spacial score (nSPS) is 10.0. The van der Waals surface area contributed by atoms with Gasteiger partial charge in [0.15, 0.2) is 11.6 Å². The minimum Gasteiger partial charge on any atom is -0.395 e. The molecule has 3 N–H and O–H groups in total. The van der Waals surface area contributed by atoms with Crippen LogP contribution in [0.2, 0.25) is 5.02 Å². The Bertz CT molecular complexity index is 659. The van der Waals surface area contributed by atoms with Gasteiger partial charge in [-0.1, -0.05) is 11.6 Å². The van der Waals surface area contributed by atoms with E-state index in [9.17, 15) is 8.78 Å². The van der Waals surface area contributed by atoms with E-state index in [0.29, 0.717) is 6.07 Å². The van der Waals surface area contributed by atoms with Crippen molar-refractivity contribution in [3.8, 4) is 6.07 Å². The van der Waals surface area contributed by atoms with E-state index >= 15 is 0 Å². The molecule has 1 aromatic carbocycles. The van der Waals surface area contributed by atoms with E-state index in [-0.39, 0.29) is 27.8 Å². The highest BCUT2D eigenvalue weighted by Crippen LogP contribution is 2.31. The van der Waals surface area contributed by atoms with E-state index in [1.807, 2.05) is 6.07 Å². The Balaban J connectivity index is 2.46. The first kappa shape index (κ1) is 13.1. The summed E-state index contributed by atoms with van der Waals surface area (Å²) in [6.45, 7) is 0. The molecule has 0 aliphatic rings. The highest BCUT2D eigenvalue weighted by molar-refractivity contribution is 6.33. The third kappa shape index (κ3) is 2.56. The van der Waals surface area contributed by atoms with E-state index in [4.69, 9.17) is 22.6 Å². The number of nitriles is 1. The zero-order chi connectivity index (χ0) is 14.0. The average molecular weight is 281 g/mol. The molecule has 0 amide bonds. The van der Waals surface area contributed by atoms with Crippen molar-refractivity contribution in [2.45, 2.75) is 0 Å². The minimum atomic E-state index is -0.881. The number of hydrogen-bond acceptors (Lipinski definition) is 4. The maximum atomic E-state index is 13.6. The van der Waals surface area contributed by atoms with Gasteiger partial charge in [0.1, 0.15) is 11.9 Å². The van der Waals surface area contributed by atoms with Gasteiger partial charge in [-0.05, 0) is 12.1 Å². The number of halogens is 3. The van der Waals surface area contributed by atoms with Crippen LogP contribution >= 0.6 is 11.6 Å². The molecule has 0 atom stereocenters. The Morgan fingerprint density at radius 1 is 1.37 bits per heavy atom. The van der Waals surface area contributed by atoms with Crippen LogP contribution in [0.4, 0.5) is 26.0 Å². The lowest BCUT2D eigenvalue weighted by molar-refractivity contribution is 0.586. The summed E-state index contributed by atoms with van der Waals surface area (Å²) < 4.78 is 26.5. The molecular formula is C12H7ClF2N4. The van der Waals surface area contributed by atoms with Crippen LogP contribution in [0.25, 0.3) is 0 Å². The first-order valence-corrected chi connectivity index (χ1v) is 5.47. The van der Waals surface area contributed by atoms with Crippen LogP contribution in [0, 0.1) is 23.0 Å². The second-order valence-corrected chi connectivity index (χ2v) is 4.01. The zero-order valence-electron chi connectivity index (χ0n) is 9.42. The van der Waals surface area contributed by atoms with Gasteiger partial charge in [-0.3, -0.25) is 0 Å². The van der Waals surface area contributed by atoms with Crippen LogP contribution < -0.4 is 11.1 Å². The molecule has 0 spiro atoms. The highest BCUT2D eigenvalue weighted by atomic mass is 35.5. The summed E-state index contributed by atoms with van der Waals surface area (Å²) in [5.74, 6) is -1.60. The van der Waals surface area contributed by atoms with Crippen molar-refractivity contribution in [3.63, 3.8) is 0 Å². The average Bonchev–Trinajstić information content (AvgIpc) is 2.35. The lowest BCUT2D eigenvalue weighted by Gasteiger charge is -2.11. The molecule has 0 unspecified atom stereocenters. The number of rotatable bonds is 2. The Morgan fingerprint density at radius 3 is 2.74 bits per heavy atom. The SMILES string of the molecule is N#Cc1ccnc(Nc2c(F)cc(F)cc2Cl)c1N. The fourth-order valence-electron chi connectivity index (χ4n) is 1.45. The molecule has 7 heteroatoms. The van der Waals surface area contributed by atoms with E-state index in [2.05, 4.69) is 10.3 Å². The van der Waals surface area contributed by atoms with Crippen LogP contribution in [-0.2, 0) is 0 Å². The number of hydrogen-bond donors (Lipinski definition) is 2. The number of nitrogens with one attached hydrogen (secondary N) is 1. The van der Waals surface area contributed by atoms with Crippen molar-refractivity contribution in [1.29, 1.82) is 5.26 Å². The van der Waals surface area contributed by atoms with Gasteiger partial charge in [0.2, 0.25) is 0 Å². The van der Waals surface area contributed by atoms with Gasteiger partial charge in [-0.2, -0.15) is 5.26 Å².